The molecule has 10 heteroatoms. The number of hydrogen-bond donors (Lipinski definition) is 2. The molecule has 8 nitrogen and oxygen atoms in total. The lowest BCUT2D eigenvalue weighted by Crippen LogP contribution is -2.25. The fraction of sp³-hybridized carbons (Fsp3) is 0.333. The van der Waals surface area contributed by atoms with Crippen LogP contribution in [0.15, 0.2) is 29.0 Å². The number of benzene rings is 1. The van der Waals surface area contributed by atoms with Crippen LogP contribution in [0, 0.1) is 11.6 Å². The maximum atomic E-state index is 14.1. The molecule has 1 aliphatic heterocycles. The molecule has 1 aromatic carbocycles. The molecule has 130 valence electrons. The van der Waals surface area contributed by atoms with Crippen LogP contribution in [0.25, 0.3) is 11.6 Å². The van der Waals surface area contributed by atoms with Gasteiger partial charge < -0.3 is 9.63 Å². The molecule has 0 aliphatic carbocycles. The number of β-amino-alcohol motifs (C(OH)–C–C–N with tert-alkyl or cyclic N) is 1. The van der Waals surface area contributed by atoms with E-state index in [4.69, 9.17) is 4.52 Å². The summed E-state index contributed by atoms with van der Waals surface area (Å²) < 4.78 is 32.8. The summed E-state index contributed by atoms with van der Waals surface area (Å²) in [4.78, 5) is 9.92. The molecule has 3 aromatic rings. The smallest absolute Gasteiger partial charge is 0.241 e. The molecule has 2 atom stereocenters. The van der Waals surface area contributed by atoms with E-state index in [1.54, 1.807) is 4.90 Å². The minimum atomic E-state index is -0.649. The first-order valence-corrected chi connectivity index (χ1v) is 7.65. The van der Waals surface area contributed by atoms with Crippen LogP contribution >= 0.6 is 0 Å². The van der Waals surface area contributed by atoms with Gasteiger partial charge in [-0.15, -0.1) is 0 Å². The van der Waals surface area contributed by atoms with E-state index in [2.05, 4.69) is 25.3 Å². The van der Waals surface area contributed by atoms with E-state index >= 15 is 0 Å². The second-order valence-electron chi connectivity index (χ2n) is 5.85. The summed E-state index contributed by atoms with van der Waals surface area (Å²) in [7, 11) is 0. The maximum Gasteiger partial charge on any atom is 0.241 e. The Morgan fingerprint density at radius 2 is 2.24 bits per heavy atom. The molecule has 0 bridgehead atoms. The molecular weight excluding hydrogens is 334 g/mol. The van der Waals surface area contributed by atoms with Crippen LogP contribution in [0.2, 0.25) is 0 Å². The quantitative estimate of drug-likeness (QED) is 0.735. The zero-order valence-electron chi connectivity index (χ0n) is 12.9. The van der Waals surface area contributed by atoms with Crippen molar-refractivity contribution >= 4 is 0 Å². The summed E-state index contributed by atoms with van der Waals surface area (Å²) in [5, 5.41) is 20.1. The van der Waals surface area contributed by atoms with Gasteiger partial charge in [-0.2, -0.15) is 10.1 Å². The van der Waals surface area contributed by atoms with Crippen LogP contribution in [0.3, 0.4) is 0 Å². The van der Waals surface area contributed by atoms with Crippen LogP contribution in [0.4, 0.5) is 8.78 Å². The van der Waals surface area contributed by atoms with Crippen LogP contribution in [-0.4, -0.2) is 48.0 Å². The molecule has 1 saturated heterocycles. The highest BCUT2D eigenvalue weighted by molar-refractivity contribution is 5.39. The van der Waals surface area contributed by atoms with Gasteiger partial charge >= 0.3 is 0 Å². The third-order valence-electron chi connectivity index (χ3n) is 4.13. The second kappa shape index (κ2) is 6.30. The molecule has 4 rings (SSSR count). The zero-order chi connectivity index (χ0) is 17.4. The number of rotatable bonds is 4. The number of aromatic amines is 1. The molecule has 3 heterocycles. The van der Waals surface area contributed by atoms with Crippen molar-refractivity contribution in [2.24, 2.45) is 0 Å². The van der Waals surface area contributed by atoms with E-state index in [1.165, 1.54) is 6.33 Å². The lowest BCUT2D eigenvalue weighted by atomic mass is 10.0. The van der Waals surface area contributed by atoms with E-state index in [0.29, 0.717) is 18.8 Å². The molecule has 2 unspecified atom stereocenters. The predicted octanol–water partition coefficient (Wildman–Crippen LogP) is 1.44. The molecule has 2 N–H and O–H groups in total. The third kappa shape index (κ3) is 3.13. The first-order valence-electron chi connectivity index (χ1n) is 7.65. The summed E-state index contributed by atoms with van der Waals surface area (Å²) in [5.74, 6) is -0.145. The highest BCUT2D eigenvalue weighted by Gasteiger charge is 2.35. The van der Waals surface area contributed by atoms with Crippen molar-refractivity contribution in [1.29, 1.82) is 0 Å². The lowest BCUT2D eigenvalue weighted by molar-refractivity contribution is 0.164. The van der Waals surface area contributed by atoms with Crippen LogP contribution in [0.5, 0.6) is 0 Å². The van der Waals surface area contributed by atoms with E-state index in [9.17, 15) is 13.9 Å². The number of aromatic nitrogens is 5. The monoisotopic (exact) mass is 348 g/mol. The van der Waals surface area contributed by atoms with Crippen molar-refractivity contribution in [3.63, 3.8) is 0 Å². The Morgan fingerprint density at radius 3 is 3.04 bits per heavy atom. The standard InChI is InChI=1S/C15H14F2N6O2/c16-8-1-2-11(17)10(3-8)12-4-9(24)5-23(12)6-13-20-15(22-25-13)14-18-7-19-21-14/h1-3,7,9,12,24H,4-6H2,(H,18,19,21). The molecule has 0 radical (unpaired) electrons. The molecule has 25 heavy (non-hydrogen) atoms. The molecule has 1 aliphatic rings. The summed E-state index contributed by atoms with van der Waals surface area (Å²) in [6, 6.07) is 2.82. The highest BCUT2D eigenvalue weighted by Crippen LogP contribution is 2.35. The van der Waals surface area contributed by atoms with Crippen molar-refractivity contribution in [3.8, 4) is 11.6 Å². The summed E-state index contributed by atoms with van der Waals surface area (Å²) in [5.41, 5.74) is 0.200. The van der Waals surface area contributed by atoms with Crippen LogP contribution < -0.4 is 0 Å². The van der Waals surface area contributed by atoms with Crippen LogP contribution in [0.1, 0.15) is 23.9 Å². The van der Waals surface area contributed by atoms with Gasteiger partial charge in [-0.3, -0.25) is 10.00 Å². The predicted molar refractivity (Wildman–Crippen MR) is 79.8 cm³/mol. The fourth-order valence-electron chi connectivity index (χ4n) is 3.05. The number of aliphatic hydroxyl groups is 1. The topological polar surface area (TPSA) is 104 Å². The van der Waals surface area contributed by atoms with Gasteiger partial charge in [0.25, 0.3) is 0 Å². The minimum absolute atomic E-state index is 0.193. The SMILES string of the molecule is OC1CC(c2cc(F)ccc2F)N(Cc2nc(-c3ncn[nH]3)no2)C1. The molecule has 2 aromatic heterocycles. The second-order valence-corrected chi connectivity index (χ2v) is 5.85. The highest BCUT2D eigenvalue weighted by atomic mass is 19.1. The van der Waals surface area contributed by atoms with Crippen molar-refractivity contribution < 1.29 is 18.4 Å². The number of likely N-dealkylation sites (tertiary alicyclic amines) is 1. The van der Waals surface area contributed by atoms with E-state index < -0.39 is 23.8 Å². The number of hydrogen-bond acceptors (Lipinski definition) is 7. The van der Waals surface area contributed by atoms with Gasteiger partial charge in [-0.1, -0.05) is 5.16 Å². The Balaban J connectivity index is 1.57. The maximum absolute atomic E-state index is 14.1. The van der Waals surface area contributed by atoms with Crippen LogP contribution in [-0.2, 0) is 6.54 Å². The fourth-order valence-corrected chi connectivity index (χ4v) is 3.05. The lowest BCUT2D eigenvalue weighted by Gasteiger charge is -2.23. The largest absolute Gasteiger partial charge is 0.392 e. The summed E-state index contributed by atoms with van der Waals surface area (Å²) in [6.07, 6.45) is 0.971. The molecule has 0 spiro atoms. The number of nitrogens with zero attached hydrogens (tertiary/aromatic N) is 5. The van der Waals surface area contributed by atoms with Gasteiger partial charge in [-0.05, 0) is 24.6 Å². The molecule has 0 amide bonds. The minimum Gasteiger partial charge on any atom is -0.392 e. The van der Waals surface area contributed by atoms with Gasteiger partial charge in [0.2, 0.25) is 11.7 Å². The molecular formula is C15H14F2N6O2. The Kier molecular flexibility index (Phi) is 3.98. The summed E-state index contributed by atoms with van der Waals surface area (Å²) in [6.45, 7) is 0.486. The first-order chi connectivity index (χ1) is 12.1. The Labute approximate surface area is 140 Å². The van der Waals surface area contributed by atoms with Crippen molar-refractivity contribution in [2.45, 2.75) is 25.1 Å². The van der Waals surface area contributed by atoms with Gasteiger partial charge in [0, 0.05) is 18.2 Å². The number of aliphatic hydroxyl groups excluding tert-OH is 1. The number of nitrogens with one attached hydrogen (secondary N) is 1. The van der Waals surface area contributed by atoms with Crippen molar-refractivity contribution in [3.05, 3.63) is 47.6 Å². The molecule has 1 fully saturated rings. The van der Waals surface area contributed by atoms with Crippen molar-refractivity contribution in [1.82, 2.24) is 30.2 Å². The van der Waals surface area contributed by atoms with E-state index in [-0.39, 0.29) is 23.8 Å². The number of H-pyrrole nitrogens is 1. The van der Waals surface area contributed by atoms with E-state index in [1.807, 2.05) is 0 Å². The zero-order valence-corrected chi connectivity index (χ0v) is 12.9. The van der Waals surface area contributed by atoms with Crippen molar-refractivity contribution in [2.75, 3.05) is 6.54 Å². The molecule has 0 saturated carbocycles. The number of halogens is 2. The van der Waals surface area contributed by atoms with E-state index in [0.717, 1.165) is 18.2 Å². The summed E-state index contributed by atoms with van der Waals surface area (Å²) >= 11 is 0. The first kappa shape index (κ1) is 15.8. The Morgan fingerprint density at radius 1 is 1.36 bits per heavy atom. The average Bonchev–Trinajstić information content (AvgIpc) is 3.30. The van der Waals surface area contributed by atoms with Gasteiger partial charge in [0.05, 0.1) is 12.6 Å². The van der Waals surface area contributed by atoms with Gasteiger partial charge in [-0.25, -0.2) is 13.8 Å². The third-order valence-corrected chi connectivity index (χ3v) is 4.13. The average molecular weight is 348 g/mol. The Bertz CT molecular complexity index is 869. The Hall–Kier alpha value is -2.72. The normalized spacial score (nSPS) is 21.1. The van der Waals surface area contributed by atoms with Gasteiger partial charge in [0.15, 0.2) is 5.82 Å². The van der Waals surface area contributed by atoms with Gasteiger partial charge in [0.1, 0.15) is 18.0 Å².